The fourth-order valence-electron chi connectivity index (χ4n) is 3.64. The molecule has 1 aromatic carbocycles. The van der Waals surface area contributed by atoms with Gasteiger partial charge in [-0.3, -0.25) is 4.79 Å². The molecule has 1 amide bonds. The molecule has 0 aliphatic heterocycles. The standard InChI is InChI=1S/C21H25N5O/c1-14-18(15(2)26(24-14)17-7-5-4-6-8-17)13-19(27)23-20(16-9-10-16)21-22-11-12-25(21)3/h4-8,11-12,16,20H,9-10,13H2,1-3H3,(H,23,27). The van der Waals surface area contributed by atoms with Crippen molar-refractivity contribution in [1.29, 1.82) is 0 Å². The van der Waals surface area contributed by atoms with Crippen LogP contribution in [-0.4, -0.2) is 25.2 Å². The van der Waals surface area contributed by atoms with Crippen molar-refractivity contribution in [3.8, 4) is 5.69 Å². The first kappa shape index (κ1) is 17.5. The van der Waals surface area contributed by atoms with Gasteiger partial charge in [0.2, 0.25) is 5.91 Å². The van der Waals surface area contributed by atoms with Gasteiger partial charge in [0, 0.05) is 30.7 Å². The van der Waals surface area contributed by atoms with Crippen molar-refractivity contribution in [3.63, 3.8) is 0 Å². The van der Waals surface area contributed by atoms with Gasteiger partial charge in [0.25, 0.3) is 0 Å². The highest BCUT2D eigenvalue weighted by atomic mass is 16.1. The Kier molecular flexibility index (Phi) is 4.56. The van der Waals surface area contributed by atoms with Gasteiger partial charge in [-0.2, -0.15) is 5.10 Å². The number of hydrogen-bond donors (Lipinski definition) is 1. The van der Waals surface area contributed by atoms with Crippen molar-refractivity contribution < 1.29 is 4.79 Å². The van der Waals surface area contributed by atoms with Crippen molar-refractivity contribution in [2.45, 2.75) is 39.2 Å². The Morgan fingerprint density at radius 1 is 1.26 bits per heavy atom. The summed E-state index contributed by atoms with van der Waals surface area (Å²) in [6, 6.07) is 10.00. The molecule has 6 heteroatoms. The Labute approximate surface area is 159 Å². The number of nitrogens with zero attached hydrogens (tertiary/aromatic N) is 4. The molecule has 6 nitrogen and oxygen atoms in total. The number of aryl methyl sites for hydroxylation is 2. The van der Waals surface area contributed by atoms with Crippen molar-refractivity contribution >= 4 is 5.91 Å². The van der Waals surface area contributed by atoms with Crippen molar-refractivity contribution in [2.75, 3.05) is 0 Å². The number of nitrogens with one attached hydrogen (secondary N) is 1. The van der Waals surface area contributed by atoms with Gasteiger partial charge in [-0.25, -0.2) is 9.67 Å². The van der Waals surface area contributed by atoms with E-state index in [1.807, 2.05) is 66.7 Å². The van der Waals surface area contributed by atoms with Crippen LogP contribution in [-0.2, 0) is 18.3 Å². The first-order valence-electron chi connectivity index (χ1n) is 9.41. The molecule has 0 spiro atoms. The molecule has 1 N–H and O–H groups in total. The Balaban J connectivity index is 1.53. The van der Waals surface area contributed by atoms with Gasteiger partial charge in [0.1, 0.15) is 5.82 Å². The van der Waals surface area contributed by atoms with Gasteiger partial charge in [0.15, 0.2) is 0 Å². The van der Waals surface area contributed by atoms with Gasteiger partial charge >= 0.3 is 0 Å². The van der Waals surface area contributed by atoms with Crippen LogP contribution in [0.25, 0.3) is 5.69 Å². The molecule has 4 rings (SSSR count). The van der Waals surface area contributed by atoms with Crippen molar-refractivity contribution in [3.05, 3.63) is 65.5 Å². The fourth-order valence-corrected chi connectivity index (χ4v) is 3.64. The summed E-state index contributed by atoms with van der Waals surface area (Å²) >= 11 is 0. The lowest BCUT2D eigenvalue weighted by atomic mass is 10.1. The summed E-state index contributed by atoms with van der Waals surface area (Å²) in [7, 11) is 1.97. The van der Waals surface area contributed by atoms with E-state index in [0.29, 0.717) is 12.3 Å². The molecule has 1 unspecified atom stereocenters. The van der Waals surface area contributed by atoms with Crippen LogP contribution in [0.4, 0.5) is 0 Å². The molecule has 2 aromatic heterocycles. The maximum atomic E-state index is 12.8. The van der Waals surface area contributed by atoms with Gasteiger partial charge in [-0.15, -0.1) is 0 Å². The normalized spacial score (nSPS) is 14.9. The van der Waals surface area contributed by atoms with Crippen LogP contribution in [0, 0.1) is 19.8 Å². The molecule has 1 aliphatic rings. The number of hydrogen-bond acceptors (Lipinski definition) is 3. The van der Waals surface area contributed by atoms with Crippen molar-refractivity contribution in [1.82, 2.24) is 24.6 Å². The van der Waals surface area contributed by atoms with Crippen LogP contribution in [0.3, 0.4) is 0 Å². The third kappa shape index (κ3) is 3.52. The number of carbonyl (C=O) groups is 1. The topological polar surface area (TPSA) is 64.7 Å². The lowest BCUT2D eigenvalue weighted by Crippen LogP contribution is -2.33. The molecule has 1 atom stereocenters. The van der Waals surface area contributed by atoms with Crippen LogP contribution < -0.4 is 5.32 Å². The minimum absolute atomic E-state index is 0.0118. The minimum atomic E-state index is -0.0118. The minimum Gasteiger partial charge on any atom is -0.346 e. The summed E-state index contributed by atoms with van der Waals surface area (Å²) in [5, 5.41) is 7.86. The van der Waals surface area contributed by atoms with Crippen LogP contribution in [0.2, 0.25) is 0 Å². The predicted octanol–water partition coefficient (Wildman–Crippen LogP) is 3.03. The quantitative estimate of drug-likeness (QED) is 0.732. The number of para-hydroxylation sites is 1. The maximum absolute atomic E-state index is 12.8. The van der Waals surface area contributed by atoms with Crippen molar-refractivity contribution in [2.24, 2.45) is 13.0 Å². The van der Waals surface area contributed by atoms with E-state index in [9.17, 15) is 4.79 Å². The zero-order valence-corrected chi connectivity index (χ0v) is 16.0. The second kappa shape index (κ2) is 7.02. The highest BCUT2D eigenvalue weighted by molar-refractivity contribution is 5.79. The SMILES string of the molecule is Cc1nn(-c2ccccc2)c(C)c1CC(=O)NC(c1nccn1C)C1CC1. The summed E-state index contributed by atoms with van der Waals surface area (Å²) < 4.78 is 3.91. The molecule has 3 aromatic rings. The zero-order chi connectivity index (χ0) is 19.0. The maximum Gasteiger partial charge on any atom is 0.225 e. The molecule has 0 radical (unpaired) electrons. The van der Waals surface area contributed by atoms with E-state index >= 15 is 0 Å². The van der Waals surface area contributed by atoms with E-state index in [-0.39, 0.29) is 11.9 Å². The fraction of sp³-hybridized carbons (Fsp3) is 0.381. The second-order valence-electron chi connectivity index (χ2n) is 7.35. The number of carbonyl (C=O) groups excluding carboxylic acids is 1. The Bertz CT molecular complexity index is 952. The van der Waals surface area contributed by atoms with Gasteiger partial charge in [-0.05, 0) is 44.7 Å². The van der Waals surface area contributed by atoms with E-state index in [0.717, 1.165) is 41.3 Å². The molecule has 1 saturated carbocycles. The second-order valence-corrected chi connectivity index (χ2v) is 7.35. The lowest BCUT2D eigenvalue weighted by Gasteiger charge is -2.18. The number of rotatable bonds is 6. The van der Waals surface area contributed by atoms with Crippen LogP contribution >= 0.6 is 0 Å². The summed E-state index contributed by atoms with van der Waals surface area (Å²) in [6.45, 7) is 3.99. The van der Waals surface area contributed by atoms with Crippen LogP contribution in [0.1, 0.15) is 41.7 Å². The highest BCUT2D eigenvalue weighted by Crippen LogP contribution is 2.40. The molecule has 2 heterocycles. The average molecular weight is 363 g/mol. The molecule has 27 heavy (non-hydrogen) atoms. The van der Waals surface area contributed by atoms with Gasteiger partial charge < -0.3 is 9.88 Å². The molecule has 0 bridgehead atoms. The molecule has 1 fully saturated rings. The van der Waals surface area contributed by atoms with E-state index < -0.39 is 0 Å². The molecular formula is C21H25N5O. The van der Waals surface area contributed by atoms with E-state index in [4.69, 9.17) is 0 Å². The summed E-state index contributed by atoms with van der Waals surface area (Å²) in [5.74, 6) is 1.44. The van der Waals surface area contributed by atoms with Gasteiger partial charge in [-0.1, -0.05) is 18.2 Å². The largest absolute Gasteiger partial charge is 0.346 e. The molecule has 140 valence electrons. The summed E-state index contributed by atoms with van der Waals surface area (Å²) in [6.07, 6.45) is 6.33. The summed E-state index contributed by atoms with van der Waals surface area (Å²) in [5.41, 5.74) is 3.90. The van der Waals surface area contributed by atoms with E-state index in [1.54, 1.807) is 6.20 Å². The highest BCUT2D eigenvalue weighted by Gasteiger charge is 2.35. The third-order valence-corrected chi connectivity index (χ3v) is 5.33. The lowest BCUT2D eigenvalue weighted by molar-refractivity contribution is -0.121. The monoisotopic (exact) mass is 363 g/mol. The Morgan fingerprint density at radius 3 is 2.63 bits per heavy atom. The first-order valence-corrected chi connectivity index (χ1v) is 9.41. The van der Waals surface area contributed by atoms with E-state index in [1.165, 1.54) is 0 Å². The zero-order valence-electron chi connectivity index (χ0n) is 16.0. The number of imidazole rings is 1. The van der Waals surface area contributed by atoms with Gasteiger partial charge in [0.05, 0.1) is 23.8 Å². The van der Waals surface area contributed by atoms with Crippen LogP contribution in [0.5, 0.6) is 0 Å². The number of aromatic nitrogens is 4. The molecular weight excluding hydrogens is 338 g/mol. The smallest absolute Gasteiger partial charge is 0.225 e. The summed E-state index contributed by atoms with van der Waals surface area (Å²) in [4.78, 5) is 17.3. The molecule has 1 aliphatic carbocycles. The number of benzene rings is 1. The molecule has 0 saturated heterocycles. The number of amides is 1. The Hall–Kier alpha value is -2.89. The average Bonchev–Trinajstić information content (AvgIpc) is 3.37. The predicted molar refractivity (Wildman–Crippen MR) is 104 cm³/mol. The third-order valence-electron chi connectivity index (χ3n) is 5.33. The van der Waals surface area contributed by atoms with E-state index in [2.05, 4.69) is 15.4 Å². The Morgan fingerprint density at radius 2 is 2.00 bits per heavy atom. The first-order chi connectivity index (χ1) is 13.0. The van der Waals surface area contributed by atoms with Crippen LogP contribution in [0.15, 0.2) is 42.7 Å².